The van der Waals surface area contributed by atoms with Gasteiger partial charge in [0.1, 0.15) is 4.32 Å². The van der Waals surface area contributed by atoms with Crippen LogP contribution >= 0.6 is 24.8 Å². The standard InChI is InChI=1S/C5H11N3S2/c1-3(2)7-4(6)8-5(9)10/h3H,1-2H3,(H4,6,7,8,9,10). The van der Waals surface area contributed by atoms with E-state index in [2.05, 4.69) is 35.5 Å². The van der Waals surface area contributed by atoms with E-state index in [0.717, 1.165) is 0 Å². The molecule has 0 aliphatic rings. The summed E-state index contributed by atoms with van der Waals surface area (Å²) in [5.41, 5.74) is 0. The van der Waals surface area contributed by atoms with Crippen molar-refractivity contribution in [3.05, 3.63) is 0 Å². The van der Waals surface area contributed by atoms with Crippen molar-refractivity contribution in [2.24, 2.45) is 0 Å². The molecule has 3 nitrogen and oxygen atoms in total. The number of thiol groups is 1. The highest BCUT2D eigenvalue weighted by molar-refractivity contribution is 8.11. The maximum absolute atomic E-state index is 7.19. The van der Waals surface area contributed by atoms with Crippen molar-refractivity contribution in [1.29, 1.82) is 5.41 Å². The van der Waals surface area contributed by atoms with Gasteiger partial charge in [-0.3, -0.25) is 5.41 Å². The minimum absolute atomic E-state index is 0.190. The lowest BCUT2D eigenvalue weighted by Crippen LogP contribution is -2.41. The quantitative estimate of drug-likeness (QED) is 0.207. The summed E-state index contributed by atoms with van der Waals surface area (Å²) in [4.78, 5) is 0. The number of thiocarbonyl (C=S) groups is 1. The first-order valence-electron chi connectivity index (χ1n) is 2.87. The second-order valence-electron chi connectivity index (χ2n) is 2.10. The minimum Gasteiger partial charge on any atom is -0.354 e. The van der Waals surface area contributed by atoms with E-state index < -0.39 is 0 Å². The van der Waals surface area contributed by atoms with E-state index >= 15 is 0 Å². The van der Waals surface area contributed by atoms with Gasteiger partial charge in [-0.15, -0.1) is 12.6 Å². The summed E-state index contributed by atoms with van der Waals surface area (Å²) in [5.74, 6) is 0.190. The van der Waals surface area contributed by atoms with Gasteiger partial charge in [-0.25, -0.2) is 0 Å². The lowest BCUT2D eigenvalue weighted by Gasteiger charge is -2.10. The number of hydrogen-bond acceptors (Lipinski definition) is 2. The Morgan fingerprint density at radius 1 is 1.60 bits per heavy atom. The van der Waals surface area contributed by atoms with Gasteiger partial charge in [-0.2, -0.15) is 0 Å². The van der Waals surface area contributed by atoms with Crippen molar-refractivity contribution in [1.82, 2.24) is 10.6 Å². The first kappa shape index (κ1) is 9.71. The highest BCUT2D eigenvalue weighted by Gasteiger charge is 1.96. The third-order valence-electron chi connectivity index (χ3n) is 0.665. The molecule has 0 rings (SSSR count). The lowest BCUT2D eigenvalue weighted by atomic mass is 10.4. The van der Waals surface area contributed by atoms with Crippen LogP contribution in [0.3, 0.4) is 0 Å². The van der Waals surface area contributed by atoms with Crippen molar-refractivity contribution in [3.8, 4) is 0 Å². The molecular weight excluding hydrogens is 166 g/mol. The van der Waals surface area contributed by atoms with E-state index in [9.17, 15) is 0 Å². The van der Waals surface area contributed by atoms with Crippen LogP contribution in [0.2, 0.25) is 0 Å². The van der Waals surface area contributed by atoms with Crippen molar-refractivity contribution in [2.75, 3.05) is 0 Å². The van der Waals surface area contributed by atoms with Crippen molar-refractivity contribution < 1.29 is 0 Å². The van der Waals surface area contributed by atoms with Gasteiger partial charge in [0.05, 0.1) is 0 Å². The second kappa shape index (κ2) is 4.51. The predicted octanol–water partition coefficient (Wildman–Crippen LogP) is 0.723. The molecule has 10 heavy (non-hydrogen) atoms. The molecule has 0 aromatic rings. The van der Waals surface area contributed by atoms with Crippen LogP contribution in [0.1, 0.15) is 13.8 Å². The molecule has 0 fully saturated rings. The largest absolute Gasteiger partial charge is 0.354 e. The van der Waals surface area contributed by atoms with Gasteiger partial charge < -0.3 is 10.6 Å². The normalized spacial score (nSPS) is 9.20. The van der Waals surface area contributed by atoms with Gasteiger partial charge in [0, 0.05) is 6.04 Å². The summed E-state index contributed by atoms with van der Waals surface area (Å²) in [6.07, 6.45) is 0. The van der Waals surface area contributed by atoms with Crippen molar-refractivity contribution in [3.63, 3.8) is 0 Å². The van der Waals surface area contributed by atoms with E-state index in [0.29, 0.717) is 4.32 Å². The van der Waals surface area contributed by atoms with Crippen LogP contribution in [0, 0.1) is 5.41 Å². The molecule has 0 amide bonds. The maximum Gasteiger partial charge on any atom is 0.194 e. The zero-order valence-electron chi connectivity index (χ0n) is 5.93. The average Bonchev–Trinajstić information content (AvgIpc) is 1.58. The highest BCUT2D eigenvalue weighted by atomic mass is 32.1. The highest BCUT2D eigenvalue weighted by Crippen LogP contribution is 1.78. The minimum atomic E-state index is 0.190. The zero-order chi connectivity index (χ0) is 8.15. The van der Waals surface area contributed by atoms with Gasteiger partial charge in [0.15, 0.2) is 5.96 Å². The monoisotopic (exact) mass is 177 g/mol. The van der Waals surface area contributed by atoms with E-state index in [-0.39, 0.29) is 12.0 Å². The Bertz CT molecular complexity index is 144. The number of guanidine groups is 1. The molecule has 0 aliphatic carbocycles. The fourth-order valence-electron chi connectivity index (χ4n) is 0.432. The SMILES string of the molecule is CC(C)NC(=N)NC(=S)S. The Balaban J connectivity index is 3.54. The van der Waals surface area contributed by atoms with Crippen LogP contribution in [0.4, 0.5) is 0 Å². The number of rotatable bonds is 1. The Morgan fingerprint density at radius 3 is 2.40 bits per heavy atom. The number of nitrogens with one attached hydrogen (secondary N) is 3. The number of hydrogen-bond donors (Lipinski definition) is 4. The Morgan fingerprint density at radius 2 is 2.10 bits per heavy atom. The van der Waals surface area contributed by atoms with Gasteiger partial charge in [0.25, 0.3) is 0 Å². The van der Waals surface area contributed by atoms with Gasteiger partial charge in [-0.05, 0) is 13.8 Å². The first-order chi connectivity index (χ1) is 4.52. The van der Waals surface area contributed by atoms with Crippen molar-refractivity contribution >= 4 is 35.1 Å². The van der Waals surface area contributed by atoms with E-state index in [4.69, 9.17) is 5.41 Å². The molecule has 3 N–H and O–H groups in total. The van der Waals surface area contributed by atoms with Crippen LogP contribution in [-0.2, 0) is 0 Å². The molecule has 0 aliphatic heterocycles. The van der Waals surface area contributed by atoms with Crippen LogP contribution in [0.5, 0.6) is 0 Å². The lowest BCUT2D eigenvalue weighted by molar-refractivity contribution is 0.719. The Labute approximate surface area is 71.5 Å². The molecule has 5 heteroatoms. The molecule has 0 spiro atoms. The zero-order valence-corrected chi connectivity index (χ0v) is 7.64. The molecule has 0 atom stereocenters. The summed E-state index contributed by atoms with van der Waals surface area (Å²) in [6.45, 7) is 3.88. The van der Waals surface area contributed by atoms with Crippen LogP contribution < -0.4 is 10.6 Å². The summed E-state index contributed by atoms with van der Waals surface area (Å²) in [6, 6.07) is 0.239. The second-order valence-corrected chi connectivity index (χ2v) is 3.26. The third-order valence-corrected chi connectivity index (χ3v) is 0.879. The van der Waals surface area contributed by atoms with Crippen molar-refractivity contribution in [2.45, 2.75) is 19.9 Å². The molecule has 0 saturated heterocycles. The summed E-state index contributed by atoms with van der Waals surface area (Å²) >= 11 is 8.40. The molecule has 58 valence electrons. The molecule has 0 heterocycles. The fourth-order valence-corrected chi connectivity index (χ4v) is 0.646. The maximum atomic E-state index is 7.19. The predicted molar refractivity (Wildman–Crippen MR) is 50.7 cm³/mol. The molecule has 0 unspecified atom stereocenters. The topological polar surface area (TPSA) is 47.9 Å². The van der Waals surface area contributed by atoms with Crippen LogP contribution in [0.15, 0.2) is 0 Å². The molecular formula is C5H11N3S2. The van der Waals surface area contributed by atoms with E-state index in [1.807, 2.05) is 13.8 Å². The summed E-state index contributed by atoms with van der Waals surface area (Å²) < 4.78 is 0.304. The van der Waals surface area contributed by atoms with Gasteiger partial charge in [-0.1, -0.05) is 12.2 Å². The van der Waals surface area contributed by atoms with E-state index in [1.54, 1.807) is 0 Å². The fraction of sp³-hybridized carbons (Fsp3) is 0.600. The summed E-state index contributed by atoms with van der Waals surface area (Å²) in [7, 11) is 0. The molecule has 0 bridgehead atoms. The molecule has 0 aromatic heterocycles. The average molecular weight is 177 g/mol. The summed E-state index contributed by atoms with van der Waals surface area (Å²) in [5, 5.41) is 12.5. The Kier molecular flexibility index (Phi) is 4.38. The molecule has 0 saturated carbocycles. The third kappa shape index (κ3) is 5.84. The van der Waals surface area contributed by atoms with E-state index in [1.165, 1.54) is 0 Å². The van der Waals surface area contributed by atoms with Gasteiger partial charge in [0.2, 0.25) is 0 Å². The molecule has 0 aromatic carbocycles. The van der Waals surface area contributed by atoms with Crippen LogP contribution in [0.25, 0.3) is 0 Å². The Hall–Kier alpha value is -0.290. The first-order valence-corrected chi connectivity index (χ1v) is 3.73. The van der Waals surface area contributed by atoms with Crippen LogP contribution in [-0.4, -0.2) is 16.3 Å². The smallest absolute Gasteiger partial charge is 0.194 e. The van der Waals surface area contributed by atoms with Gasteiger partial charge >= 0.3 is 0 Å². The molecule has 0 radical (unpaired) electrons.